The maximum absolute atomic E-state index is 12.7. The van der Waals surface area contributed by atoms with Crippen LogP contribution in [0.4, 0.5) is 11.4 Å². The van der Waals surface area contributed by atoms with E-state index in [4.69, 9.17) is 23.2 Å². The highest BCUT2D eigenvalue weighted by atomic mass is 79.9. The lowest BCUT2D eigenvalue weighted by Crippen LogP contribution is -2.18. The molecule has 2 aromatic carbocycles. The predicted molar refractivity (Wildman–Crippen MR) is 114 cm³/mol. The summed E-state index contributed by atoms with van der Waals surface area (Å²) in [6, 6.07) is 14.2. The van der Waals surface area contributed by atoms with Crippen LogP contribution in [-0.4, -0.2) is 14.3 Å². The van der Waals surface area contributed by atoms with Gasteiger partial charge in [0.2, 0.25) is 0 Å². The second-order valence-corrected chi connectivity index (χ2v) is 10.3. The van der Waals surface area contributed by atoms with Crippen molar-refractivity contribution in [3.05, 3.63) is 74.0 Å². The van der Waals surface area contributed by atoms with Crippen LogP contribution in [0.2, 0.25) is 9.36 Å². The molecule has 0 saturated heterocycles. The summed E-state index contributed by atoms with van der Waals surface area (Å²) in [6.45, 7) is 0. The molecule has 0 aliphatic rings. The highest BCUT2D eigenvalue weighted by Gasteiger charge is 2.21. The van der Waals surface area contributed by atoms with Gasteiger partial charge in [-0.25, -0.2) is 8.42 Å². The van der Waals surface area contributed by atoms with E-state index >= 15 is 0 Å². The summed E-state index contributed by atoms with van der Waals surface area (Å²) < 4.78 is 28.6. The Morgan fingerprint density at radius 3 is 2.33 bits per heavy atom. The summed E-state index contributed by atoms with van der Waals surface area (Å²) >= 11 is 15.9. The number of carbonyl (C=O) groups is 1. The Morgan fingerprint density at radius 2 is 1.70 bits per heavy atom. The number of anilines is 2. The Kier molecular flexibility index (Phi) is 6.12. The van der Waals surface area contributed by atoms with Crippen molar-refractivity contribution in [3.63, 3.8) is 0 Å². The van der Waals surface area contributed by atoms with Gasteiger partial charge >= 0.3 is 0 Å². The number of hydrogen-bond acceptors (Lipinski definition) is 4. The van der Waals surface area contributed by atoms with Crippen LogP contribution in [-0.2, 0) is 10.0 Å². The number of nitrogens with one attached hydrogen (secondary N) is 2. The molecule has 0 aliphatic heterocycles. The quantitative estimate of drug-likeness (QED) is 0.455. The minimum atomic E-state index is -3.87. The van der Waals surface area contributed by atoms with E-state index in [0.29, 0.717) is 19.5 Å². The number of rotatable bonds is 5. The minimum Gasteiger partial charge on any atom is -0.322 e. The third kappa shape index (κ3) is 5.03. The molecule has 1 aromatic heterocycles. The number of thiophene rings is 1. The number of amides is 1. The first-order chi connectivity index (χ1) is 12.7. The van der Waals surface area contributed by atoms with Crippen LogP contribution in [0, 0.1) is 0 Å². The molecule has 27 heavy (non-hydrogen) atoms. The van der Waals surface area contributed by atoms with Crippen LogP contribution >= 0.6 is 50.5 Å². The van der Waals surface area contributed by atoms with E-state index < -0.39 is 15.9 Å². The van der Waals surface area contributed by atoms with Crippen molar-refractivity contribution in [2.75, 3.05) is 10.0 Å². The van der Waals surface area contributed by atoms with Gasteiger partial charge in [-0.2, -0.15) is 0 Å². The van der Waals surface area contributed by atoms with E-state index in [9.17, 15) is 13.2 Å². The fourth-order valence-electron chi connectivity index (χ4n) is 2.16. The molecule has 0 aliphatic carbocycles. The summed E-state index contributed by atoms with van der Waals surface area (Å²) in [5, 5.41) is 3.25. The smallest absolute Gasteiger partial charge is 0.271 e. The van der Waals surface area contributed by atoms with E-state index in [0.717, 1.165) is 11.3 Å². The number of halogens is 3. The molecule has 3 aromatic rings. The molecule has 0 saturated carbocycles. The van der Waals surface area contributed by atoms with Crippen LogP contribution in [0.25, 0.3) is 0 Å². The summed E-state index contributed by atoms with van der Waals surface area (Å²) in [7, 11) is -3.87. The molecule has 0 bridgehead atoms. The van der Waals surface area contributed by atoms with Crippen molar-refractivity contribution in [3.8, 4) is 0 Å². The van der Waals surface area contributed by atoms with Gasteiger partial charge in [-0.1, -0.05) is 39.1 Å². The standard InChI is InChI=1S/C17H11BrCl2N2O3S2/c18-10-1-6-14(22-27(24,25)16-8-7-15(20)26-16)13(9-10)17(23)21-12-4-2-11(19)3-5-12/h1-9,22H,(H,21,23). The molecule has 0 radical (unpaired) electrons. The van der Waals surface area contributed by atoms with E-state index in [1.54, 1.807) is 30.3 Å². The second kappa shape index (κ2) is 8.20. The summed E-state index contributed by atoms with van der Waals surface area (Å²) in [5.41, 5.74) is 0.836. The zero-order valence-electron chi connectivity index (χ0n) is 13.4. The third-order valence-electron chi connectivity index (χ3n) is 3.39. The summed E-state index contributed by atoms with van der Waals surface area (Å²) in [4.78, 5) is 12.7. The van der Waals surface area contributed by atoms with Gasteiger partial charge < -0.3 is 5.32 Å². The van der Waals surface area contributed by atoms with E-state index in [-0.39, 0.29) is 15.5 Å². The Morgan fingerprint density at radius 1 is 1.00 bits per heavy atom. The van der Waals surface area contributed by atoms with Crippen molar-refractivity contribution in [2.24, 2.45) is 0 Å². The molecule has 0 spiro atoms. The Balaban J connectivity index is 1.91. The van der Waals surface area contributed by atoms with Crippen LogP contribution < -0.4 is 10.0 Å². The van der Waals surface area contributed by atoms with Crippen molar-refractivity contribution in [1.82, 2.24) is 0 Å². The van der Waals surface area contributed by atoms with E-state index in [1.165, 1.54) is 24.3 Å². The molecule has 0 unspecified atom stereocenters. The molecule has 3 rings (SSSR count). The van der Waals surface area contributed by atoms with Gasteiger partial charge in [0, 0.05) is 15.2 Å². The van der Waals surface area contributed by atoms with Crippen LogP contribution in [0.15, 0.2) is 63.3 Å². The fraction of sp³-hybridized carbons (Fsp3) is 0. The predicted octanol–water partition coefficient (Wildman–Crippen LogP) is 5.87. The zero-order chi connectivity index (χ0) is 19.6. The SMILES string of the molecule is O=C(Nc1ccc(Cl)cc1)c1cc(Br)ccc1NS(=O)(=O)c1ccc(Cl)s1. The normalized spacial score (nSPS) is 11.2. The van der Waals surface area contributed by atoms with Gasteiger partial charge in [0.1, 0.15) is 4.21 Å². The first kappa shape index (κ1) is 20.2. The molecule has 10 heteroatoms. The lowest BCUT2D eigenvalue weighted by Gasteiger charge is -2.13. The first-order valence-corrected chi connectivity index (χ1v) is 11.2. The molecule has 2 N–H and O–H groups in total. The topological polar surface area (TPSA) is 75.3 Å². The molecule has 5 nitrogen and oxygen atoms in total. The third-order valence-corrected chi connectivity index (χ3v) is 7.22. The average molecular weight is 506 g/mol. The highest BCUT2D eigenvalue weighted by molar-refractivity contribution is 9.10. The monoisotopic (exact) mass is 504 g/mol. The molecule has 140 valence electrons. The van der Waals surface area contributed by atoms with Crippen molar-refractivity contribution >= 4 is 77.8 Å². The van der Waals surface area contributed by atoms with Crippen LogP contribution in [0.5, 0.6) is 0 Å². The van der Waals surface area contributed by atoms with Crippen LogP contribution in [0.1, 0.15) is 10.4 Å². The van der Waals surface area contributed by atoms with Gasteiger partial charge in [-0.15, -0.1) is 11.3 Å². The molecule has 1 amide bonds. The summed E-state index contributed by atoms with van der Waals surface area (Å²) in [6.07, 6.45) is 0. The Labute approximate surface area is 178 Å². The number of benzene rings is 2. The number of sulfonamides is 1. The zero-order valence-corrected chi connectivity index (χ0v) is 18.1. The molecular formula is C17H11BrCl2N2O3S2. The molecule has 0 fully saturated rings. The van der Waals surface area contributed by atoms with E-state index in [1.807, 2.05) is 0 Å². The van der Waals surface area contributed by atoms with E-state index in [2.05, 4.69) is 26.0 Å². The summed E-state index contributed by atoms with van der Waals surface area (Å²) in [5.74, 6) is -0.472. The minimum absolute atomic E-state index is 0.0551. The first-order valence-electron chi connectivity index (χ1n) is 7.39. The average Bonchev–Trinajstić information content (AvgIpc) is 3.06. The molecule has 0 atom stereocenters. The maximum atomic E-state index is 12.7. The Bertz CT molecular complexity index is 1100. The number of hydrogen-bond donors (Lipinski definition) is 2. The largest absolute Gasteiger partial charge is 0.322 e. The van der Waals surface area contributed by atoms with Gasteiger partial charge in [-0.05, 0) is 54.6 Å². The maximum Gasteiger partial charge on any atom is 0.271 e. The number of carbonyl (C=O) groups excluding carboxylic acids is 1. The van der Waals surface area contributed by atoms with Crippen molar-refractivity contribution in [2.45, 2.75) is 4.21 Å². The lowest BCUT2D eigenvalue weighted by molar-refractivity contribution is 0.102. The van der Waals surface area contributed by atoms with Crippen molar-refractivity contribution in [1.29, 1.82) is 0 Å². The fourth-order valence-corrected chi connectivity index (χ4v) is 5.21. The van der Waals surface area contributed by atoms with Gasteiger partial charge in [0.15, 0.2) is 0 Å². The molecular weight excluding hydrogens is 495 g/mol. The van der Waals surface area contributed by atoms with Gasteiger partial charge in [-0.3, -0.25) is 9.52 Å². The van der Waals surface area contributed by atoms with Crippen LogP contribution in [0.3, 0.4) is 0 Å². The second-order valence-electron chi connectivity index (χ2n) is 5.31. The highest BCUT2D eigenvalue weighted by Crippen LogP contribution is 2.29. The Hall–Kier alpha value is -1.58. The van der Waals surface area contributed by atoms with Crippen molar-refractivity contribution < 1.29 is 13.2 Å². The van der Waals surface area contributed by atoms with Gasteiger partial charge in [0.25, 0.3) is 15.9 Å². The lowest BCUT2D eigenvalue weighted by atomic mass is 10.1. The van der Waals surface area contributed by atoms with Gasteiger partial charge in [0.05, 0.1) is 15.6 Å². The molecule has 1 heterocycles.